The van der Waals surface area contributed by atoms with Gasteiger partial charge in [-0.25, -0.2) is 0 Å². The molecule has 0 aromatic heterocycles. The molecule has 1 aromatic carbocycles. The molecule has 0 spiro atoms. The highest BCUT2D eigenvalue weighted by Crippen LogP contribution is 2.35. The summed E-state index contributed by atoms with van der Waals surface area (Å²) in [5, 5.41) is 13.4. The minimum atomic E-state index is -0.265. The monoisotopic (exact) mass is 219 g/mol. The molecule has 2 nitrogen and oxygen atoms in total. The molecule has 2 N–H and O–H groups in total. The summed E-state index contributed by atoms with van der Waals surface area (Å²) in [4.78, 5) is 0. The summed E-state index contributed by atoms with van der Waals surface area (Å²) >= 11 is 0. The Morgan fingerprint density at radius 2 is 2.12 bits per heavy atom. The standard InChI is InChI=1S/C14H21NO/c1-15-10-11-5-4-8-13(9-11)14(16)12-6-2-3-7-12/h4-5,8-9,12,14-16H,2-3,6-7,10H2,1H3. The maximum absolute atomic E-state index is 10.3. The van der Waals surface area contributed by atoms with E-state index in [4.69, 9.17) is 0 Å². The lowest BCUT2D eigenvalue weighted by Crippen LogP contribution is -2.10. The zero-order chi connectivity index (χ0) is 11.4. The van der Waals surface area contributed by atoms with Crippen LogP contribution < -0.4 is 5.32 Å². The van der Waals surface area contributed by atoms with Gasteiger partial charge in [0.25, 0.3) is 0 Å². The van der Waals surface area contributed by atoms with Gasteiger partial charge in [0.2, 0.25) is 0 Å². The van der Waals surface area contributed by atoms with Gasteiger partial charge in [0.15, 0.2) is 0 Å². The maximum Gasteiger partial charge on any atom is 0.0818 e. The number of aliphatic hydroxyl groups excluding tert-OH is 1. The molecule has 16 heavy (non-hydrogen) atoms. The summed E-state index contributed by atoms with van der Waals surface area (Å²) in [6.07, 6.45) is 4.64. The lowest BCUT2D eigenvalue weighted by atomic mass is 9.93. The molecule has 1 aromatic rings. The Morgan fingerprint density at radius 3 is 2.81 bits per heavy atom. The van der Waals surface area contributed by atoms with Crippen molar-refractivity contribution in [3.8, 4) is 0 Å². The number of benzene rings is 1. The van der Waals surface area contributed by atoms with Gasteiger partial charge in [-0.3, -0.25) is 0 Å². The lowest BCUT2D eigenvalue weighted by Gasteiger charge is -2.18. The van der Waals surface area contributed by atoms with E-state index >= 15 is 0 Å². The SMILES string of the molecule is CNCc1cccc(C(O)C2CCCC2)c1. The van der Waals surface area contributed by atoms with Gasteiger partial charge in [0.1, 0.15) is 0 Å². The fourth-order valence-electron chi connectivity index (χ4n) is 2.64. The molecule has 1 aliphatic carbocycles. The van der Waals surface area contributed by atoms with Crippen LogP contribution in [0.5, 0.6) is 0 Å². The van der Waals surface area contributed by atoms with Crippen molar-refractivity contribution in [1.29, 1.82) is 0 Å². The quantitative estimate of drug-likeness (QED) is 0.816. The van der Waals surface area contributed by atoms with E-state index in [1.165, 1.54) is 31.2 Å². The van der Waals surface area contributed by atoms with Crippen LogP contribution in [0.3, 0.4) is 0 Å². The molecular weight excluding hydrogens is 198 g/mol. The molecule has 2 heteroatoms. The van der Waals surface area contributed by atoms with Crippen molar-refractivity contribution in [3.05, 3.63) is 35.4 Å². The Bertz CT molecular complexity index is 331. The molecular formula is C14H21NO. The van der Waals surface area contributed by atoms with Gasteiger partial charge in [-0.1, -0.05) is 37.1 Å². The molecule has 1 atom stereocenters. The summed E-state index contributed by atoms with van der Waals surface area (Å²) in [6.45, 7) is 0.866. The Balaban J connectivity index is 2.09. The van der Waals surface area contributed by atoms with Crippen LogP contribution in [-0.4, -0.2) is 12.2 Å². The van der Waals surface area contributed by atoms with Crippen molar-refractivity contribution in [3.63, 3.8) is 0 Å². The smallest absolute Gasteiger partial charge is 0.0818 e. The fourth-order valence-corrected chi connectivity index (χ4v) is 2.64. The second-order valence-electron chi connectivity index (χ2n) is 4.76. The van der Waals surface area contributed by atoms with Crippen molar-refractivity contribution in [2.45, 2.75) is 38.3 Å². The number of nitrogens with one attached hydrogen (secondary N) is 1. The minimum absolute atomic E-state index is 0.265. The second kappa shape index (κ2) is 5.46. The first-order valence-corrected chi connectivity index (χ1v) is 6.23. The molecule has 1 saturated carbocycles. The van der Waals surface area contributed by atoms with E-state index in [-0.39, 0.29) is 6.10 Å². The molecule has 88 valence electrons. The van der Waals surface area contributed by atoms with Gasteiger partial charge < -0.3 is 10.4 Å². The molecule has 0 bridgehead atoms. The van der Waals surface area contributed by atoms with Crippen molar-refractivity contribution in [2.75, 3.05) is 7.05 Å². The molecule has 2 rings (SSSR count). The molecule has 1 fully saturated rings. The first kappa shape index (κ1) is 11.6. The summed E-state index contributed by atoms with van der Waals surface area (Å²) in [5.41, 5.74) is 2.33. The van der Waals surface area contributed by atoms with Gasteiger partial charge in [-0.2, -0.15) is 0 Å². The number of hydrogen-bond acceptors (Lipinski definition) is 2. The Hall–Kier alpha value is -0.860. The number of hydrogen-bond donors (Lipinski definition) is 2. The van der Waals surface area contributed by atoms with Crippen LogP contribution in [0.1, 0.15) is 42.9 Å². The highest BCUT2D eigenvalue weighted by Gasteiger charge is 2.24. The maximum atomic E-state index is 10.3. The van der Waals surface area contributed by atoms with Gasteiger partial charge in [-0.05, 0) is 36.9 Å². The van der Waals surface area contributed by atoms with Crippen molar-refractivity contribution >= 4 is 0 Å². The van der Waals surface area contributed by atoms with Crippen molar-refractivity contribution in [2.24, 2.45) is 5.92 Å². The van der Waals surface area contributed by atoms with E-state index in [9.17, 15) is 5.11 Å². The normalized spacial score (nSPS) is 18.9. The Kier molecular flexibility index (Phi) is 3.97. The van der Waals surface area contributed by atoms with Crippen LogP contribution in [0, 0.1) is 5.92 Å². The number of aliphatic hydroxyl groups is 1. The van der Waals surface area contributed by atoms with Crippen LogP contribution in [-0.2, 0) is 6.54 Å². The van der Waals surface area contributed by atoms with Crippen LogP contribution >= 0.6 is 0 Å². The molecule has 0 radical (unpaired) electrons. The highest BCUT2D eigenvalue weighted by atomic mass is 16.3. The largest absolute Gasteiger partial charge is 0.388 e. The third-order valence-electron chi connectivity index (χ3n) is 3.52. The second-order valence-corrected chi connectivity index (χ2v) is 4.76. The van der Waals surface area contributed by atoms with Gasteiger partial charge in [0.05, 0.1) is 6.10 Å². The van der Waals surface area contributed by atoms with E-state index in [1.54, 1.807) is 0 Å². The highest BCUT2D eigenvalue weighted by molar-refractivity contribution is 5.25. The van der Waals surface area contributed by atoms with E-state index in [0.717, 1.165) is 12.1 Å². The minimum Gasteiger partial charge on any atom is -0.388 e. The van der Waals surface area contributed by atoms with Gasteiger partial charge >= 0.3 is 0 Å². The van der Waals surface area contributed by atoms with E-state index in [1.807, 2.05) is 19.2 Å². The van der Waals surface area contributed by atoms with E-state index in [0.29, 0.717) is 5.92 Å². The van der Waals surface area contributed by atoms with Gasteiger partial charge in [0, 0.05) is 6.54 Å². The van der Waals surface area contributed by atoms with Crippen LogP contribution in [0.25, 0.3) is 0 Å². The third kappa shape index (κ3) is 2.63. The predicted octanol–water partition coefficient (Wildman–Crippen LogP) is 2.63. The summed E-state index contributed by atoms with van der Waals surface area (Å²) < 4.78 is 0. The zero-order valence-corrected chi connectivity index (χ0v) is 9.95. The molecule has 0 heterocycles. The first-order valence-electron chi connectivity index (χ1n) is 6.23. The zero-order valence-electron chi connectivity index (χ0n) is 9.95. The first-order chi connectivity index (χ1) is 7.81. The average molecular weight is 219 g/mol. The third-order valence-corrected chi connectivity index (χ3v) is 3.52. The predicted molar refractivity (Wildman–Crippen MR) is 66.1 cm³/mol. The molecule has 1 aliphatic rings. The van der Waals surface area contributed by atoms with Gasteiger partial charge in [-0.15, -0.1) is 0 Å². The molecule has 0 saturated heterocycles. The topological polar surface area (TPSA) is 32.3 Å². The number of rotatable bonds is 4. The van der Waals surface area contributed by atoms with Crippen molar-refractivity contribution in [1.82, 2.24) is 5.32 Å². The van der Waals surface area contributed by atoms with Crippen LogP contribution in [0.2, 0.25) is 0 Å². The Morgan fingerprint density at radius 1 is 1.38 bits per heavy atom. The summed E-state index contributed by atoms with van der Waals surface area (Å²) in [5.74, 6) is 0.477. The molecule has 0 amide bonds. The van der Waals surface area contributed by atoms with Crippen LogP contribution in [0.4, 0.5) is 0 Å². The fraction of sp³-hybridized carbons (Fsp3) is 0.571. The average Bonchev–Trinajstić information content (AvgIpc) is 2.82. The Labute approximate surface area is 97.7 Å². The molecule has 0 aliphatic heterocycles. The van der Waals surface area contributed by atoms with Crippen molar-refractivity contribution < 1.29 is 5.11 Å². The summed E-state index contributed by atoms with van der Waals surface area (Å²) in [7, 11) is 1.94. The lowest BCUT2D eigenvalue weighted by molar-refractivity contribution is 0.111. The van der Waals surface area contributed by atoms with E-state index < -0.39 is 0 Å². The van der Waals surface area contributed by atoms with E-state index in [2.05, 4.69) is 17.4 Å². The van der Waals surface area contributed by atoms with Crippen LogP contribution in [0.15, 0.2) is 24.3 Å². The molecule has 1 unspecified atom stereocenters. The summed E-state index contributed by atoms with van der Waals surface area (Å²) in [6, 6.07) is 8.31.